The van der Waals surface area contributed by atoms with Crippen molar-refractivity contribution in [2.75, 3.05) is 6.54 Å². The summed E-state index contributed by atoms with van der Waals surface area (Å²) in [5, 5.41) is 10.5. The van der Waals surface area contributed by atoms with Crippen LogP contribution in [0.25, 0.3) is 0 Å². The van der Waals surface area contributed by atoms with E-state index in [1.807, 2.05) is 19.4 Å². The van der Waals surface area contributed by atoms with Gasteiger partial charge in [-0.3, -0.25) is 4.90 Å². The fraction of sp³-hybridized carbons (Fsp3) is 0.500. The molecule has 4 nitrogen and oxygen atoms in total. The lowest BCUT2D eigenvalue weighted by molar-refractivity contribution is 0.00514. The standard InChI is InChI=1S/C18H25N3O/c1-14-5-7-15(8-6-14)12-16-17(22)4-3-10-21(16)13-18-19-9-11-20(18)2/h5-9,11,16-17,22H,3-4,10,12-13H2,1-2H3/t16-,17-/m0/s1. The molecule has 1 aliphatic heterocycles. The van der Waals surface area contributed by atoms with E-state index in [9.17, 15) is 5.11 Å². The molecule has 1 aromatic heterocycles. The van der Waals surface area contributed by atoms with Crippen molar-refractivity contribution in [1.29, 1.82) is 0 Å². The third-order valence-corrected chi connectivity index (χ3v) is 4.69. The van der Waals surface area contributed by atoms with Gasteiger partial charge in [-0.15, -0.1) is 0 Å². The van der Waals surface area contributed by atoms with Crippen molar-refractivity contribution in [3.05, 3.63) is 53.6 Å². The summed E-state index contributed by atoms with van der Waals surface area (Å²) in [6.07, 6.45) is 6.40. The predicted octanol–water partition coefficient (Wildman–Crippen LogP) is 2.30. The molecule has 1 fully saturated rings. The molecule has 0 aliphatic carbocycles. The van der Waals surface area contributed by atoms with Crippen LogP contribution in [0.4, 0.5) is 0 Å². The van der Waals surface area contributed by atoms with Gasteiger partial charge in [-0.05, 0) is 38.3 Å². The lowest BCUT2D eigenvalue weighted by atomic mass is 9.92. The number of imidazole rings is 1. The number of aryl methyl sites for hydroxylation is 2. The Kier molecular flexibility index (Phi) is 4.60. The van der Waals surface area contributed by atoms with Gasteiger partial charge in [0.15, 0.2) is 0 Å². The molecule has 0 spiro atoms. The molecule has 4 heteroatoms. The SMILES string of the molecule is Cc1ccc(C[C@H]2[C@@H](O)CCCN2Cc2nccn2C)cc1. The number of likely N-dealkylation sites (tertiary alicyclic amines) is 1. The van der Waals surface area contributed by atoms with E-state index in [-0.39, 0.29) is 12.1 Å². The number of rotatable bonds is 4. The highest BCUT2D eigenvalue weighted by molar-refractivity contribution is 5.22. The van der Waals surface area contributed by atoms with Crippen molar-refractivity contribution < 1.29 is 5.11 Å². The van der Waals surface area contributed by atoms with E-state index in [4.69, 9.17) is 0 Å². The molecule has 1 N–H and O–H groups in total. The van der Waals surface area contributed by atoms with Gasteiger partial charge >= 0.3 is 0 Å². The van der Waals surface area contributed by atoms with Crippen molar-refractivity contribution in [3.63, 3.8) is 0 Å². The third-order valence-electron chi connectivity index (χ3n) is 4.69. The quantitative estimate of drug-likeness (QED) is 0.942. The molecule has 1 aliphatic rings. The first-order valence-corrected chi connectivity index (χ1v) is 8.07. The highest BCUT2D eigenvalue weighted by atomic mass is 16.3. The van der Waals surface area contributed by atoms with Gasteiger partial charge in [0.2, 0.25) is 0 Å². The van der Waals surface area contributed by atoms with Crippen LogP contribution in [0.3, 0.4) is 0 Å². The molecular weight excluding hydrogens is 274 g/mol. The lowest BCUT2D eigenvalue weighted by Gasteiger charge is -2.39. The highest BCUT2D eigenvalue weighted by Crippen LogP contribution is 2.23. The number of aliphatic hydroxyl groups is 1. The molecule has 3 rings (SSSR count). The zero-order valence-corrected chi connectivity index (χ0v) is 13.4. The van der Waals surface area contributed by atoms with E-state index in [0.29, 0.717) is 0 Å². The number of benzene rings is 1. The molecule has 2 aromatic rings. The van der Waals surface area contributed by atoms with Gasteiger partial charge in [0, 0.05) is 25.5 Å². The number of aliphatic hydroxyl groups excluding tert-OH is 1. The van der Waals surface area contributed by atoms with Crippen LogP contribution in [0.15, 0.2) is 36.7 Å². The Bertz CT molecular complexity index is 605. The van der Waals surface area contributed by atoms with E-state index < -0.39 is 0 Å². The number of nitrogens with zero attached hydrogens (tertiary/aromatic N) is 3. The summed E-state index contributed by atoms with van der Waals surface area (Å²) >= 11 is 0. The van der Waals surface area contributed by atoms with Crippen molar-refractivity contribution >= 4 is 0 Å². The summed E-state index contributed by atoms with van der Waals surface area (Å²) < 4.78 is 2.06. The van der Waals surface area contributed by atoms with Crippen LogP contribution in [0, 0.1) is 6.92 Å². The fourth-order valence-electron chi connectivity index (χ4n) is 3.26. The molecule has 0 amide bonds. The predicted molar refractivity (Wildman–Crippen MR) is 87.5 cm³/mol. The minimum absolute atomic E-state index is 0.174. The summed E-state index contributed by atoms with van der Waals surface area (Å²) in [5.74, 6) is 1.06. The second-order valence-corrected chi connectivity index (χ2v) is 6.39. The van der Waals surface area contributed by atoms with Crippen molar-refractivity contribution in [1.82, 2.24) is 14.5 Å². The van der Waals surface area contributed by atoms with Gasteiger partial charge in [-0.1, -0.05) is 29.8 Å². The molecule has 1 saturated heterocycles. The number of piperidine rings is 1. The number of hydrogen-bond acceptors (Lipinski definition) is 3. The first-order chi connectivity index (χ1) is 10.6. The van der Waals surface area contributed by atoms with Crippen LogP contribution in [-0.4, -0.2) is 38.2 Å². The Hall–Kier alpha value is -1.65. The van der Waals surface area contributed by atoms with Crippen LogP contribution in [-0.2, 0) is 20.0 Å². The van der Waals surface area contributed by atoms with Gasteiger partial charge in [0.05, 0.1) is 12.6 Å². The molecule has 0 unspecified atom stereocenters. The van der Waals surface area contributed by atoms with E-state index >= 15 is 0 Å². The Morgan fingerprint density at radius 3 is 2.73 bits per heavy atom. The van der Waals surface area contributed by atoms with Crippen LogP contribution < -0.4 is 0 Å². The van der Waals surface area contributed by atoms with Gasteiger partial charge in [-0.25, -0.2) is 4.98 Å². The van der Waals surface area contributed by atoms with Crippen LogP contribution in [0.1, 0.15) is 29.8 Å². The van der Waals surface area contributed by atoms with E-state index in [1.165, 1.54) is 11.1 Å². The van der Waals surface area contributed by atoms with Gasteiger partial charge in [0.25, 0.3) is 0 Å². The molecule has 22 heavy (non-hydrogen) atoms. The first-order valence-electron chi connectivity index (χ1n) is 8.07. The summed E-state index contributed by atoms with van der Waals surface area (Å²) in [4.78, 5) is 6.81. The average Bonchev–Trinajstić information content (AvgIpc) is 2.90. The van der Waals surface area contributed by atoms with Gasteiger partial charge < -0.3 is 9.67 Å². The summed E-state index contributed by atoms with van der Waals surface area (Å²) in [5.41, 5.74) is 2.57. The molecular formula is C18H25N3O. The maximum absolute atomic E-state index is 10.5. The zero-order valence-electron chi connectivity index (χ0n) is 13.4. The minimum Gasteiger partial charge on any atom is -0.391 e. The van der Waals surface area contributed by atoms with Crippen LogP contribution in [0.2, 0.25) is 0 Å². The Morgan fingerprint density at radius 2 is 2.05 bits per heavy atom. The summed E-state index contributed by atoms with van der Waals surface area (Å²) in [6, 6.07) is 8.82. The Balaban J connectivity index is 1.75. The second kappa shape index (κ2) is 6.63. The molecule has 0 saturated carbocycles. The van der Waals surface area contributed by atoms with Crippen molar-refractivity contribution in [2.45, 2.75) is 44.9 Å². The molecule has 2 heterocycles. The lowest BCUT2D eigenvalue weighted by Crippen LogP contribution is -2.49. The summed E-state index contributed by atoms with van der Waals surface area (Å²) in [6.45, 7) is 3.93. The molecule has 1 aromatic carbocycles. The Labute approximate surface area is 132 Å². The summed E-state index contributed by atoms with van der Waals surface area (Å²) in [7, 11) is 2.03. The molecule has 0 radical (unpaired) electrons. The zero-order chi connectivity index (χ0) is 15.5. The average molecular weight is 299 g/mol. The molecule has 0 bridgehead atoms. The fourth-order valence-corrected chi connectivity index (χ4v) is 3.26. The van der Waals surface area contributed by atoms with Gasteiger partial charge in [-0.2, -0.15) is 0 Å². The minimum atomic E-state index is -0.254. The highest BCUT2D eigenvalue weighted by Gasteiger charge is 2.30. The van der Waals surface area contributed by atoms with E-state index in [0.717, 1.165) is 38.2 Å². The maximum Gasteiger partial charge on any atom is 0.122 e. The Morgan fingerprint density at radius 1 is 1.27 bits per heavy atom. The second-order valence-electron chi connectivity index (χ2n) is 6.39. The van der Waals surface area contributed by atoms with Gasteiger partial charge in [0.1, 0.15) is 5.82 Å². The first kappa shape index (κ1) is 15.3. The van der Waals surface area contributed by atoms with E-state index in [2.05, 4.69) is 45.6 Å². The monoisotopic (exact) mass is 299 g/mol. The third kappa shape index (κ3) is 3.39. The maximum atomic E-state index is 10.5. The normalized spacial score (nSPS) is 22.9. The largest absolute Gasteiger partial charge is 0.391 e. The molecule has 2 atom stereocenters. The van der Waals surface area contributed by atoms with Crippen LogP contribution >= 0.6 is 0 Å². The van der Waals surface area contributed by atoms with Crippen LogP contribution in [0.5, 0.6) is 0 Å². The van der Waals surface area contributed by atoms with Crippen molar-refractivity contribution in [2.24, 2.45) is 7.05 Å². The topological polar surface area (TPSA) is 41.3 Å². The number of aromatic nitrogens is 2. The van der Waals surface area contributed by atoms with E-state index in [1.54, 1.807) is 0 Å². The number of hydrogen-bond donors (Lipinski definition) is 1. The molecule has 118 valence electrons. The van der Waals surface area contributed by atoms with Crippen molar-refractivity contribution in [3.8, 4) is 0 Å². The smallest absolute Gasteiger partial charge is 0.122 e.